The Labute approximate surface area is 259 Å². The highest BCUT2D eigenvalue weighted by molar-refractivity contribution is 6.15. The van der Waals surface area contributed by atoms with Crippen LogP contribution in [0.4, 0.5) is 0 Å². The van der Waals surface area contributed by atoms with Crippen LogP contribution in [0.15, 0.2) is 115 Å². The van der Waals surface area contributed by atoms with Gasteiger partial charge >= 0.3 is 11.9 Å². The lowest BCUT2D eigenvalue weighted by atomic mass is 9.94. The molecule has 0 atom stereocenters. The third kappa shape index (κ3) is 4.30. The van der Waals surface area contributed by atoms with Crippen LogP contribution in [-0.2, 0) is 9.59 Å². The fourth-order valence-electron chi connectivity index (χ4n) is 6.17. The summed E-state index contributed by atoms with van der Waals surface area (Å²) in [6, 6.07) is 28.3. The van der Waals surface area contributed by atoms with Crippen molar-refractivity contribution in [3.8, 4) is 22.6 Å². The molecule has 0 fully saturated rings. The van der Waals surface area contributed by atoms with Gasteiger partial charge in [-0.3, -0.25) is 19.2 Å². The van der Waals surface area contributed by atoms with Crippen LogP contribution < -0.4 is 20.3 Å². The summed E-state index contributed by atoms with van der Waals surface area (Å²) in [7, 11) is 0. The van der Waals surface area contributed by atoms with Crippen molar-refractivity contribution < 1.29 is 27.9 Å². The van der Waals surface area contributed by atoms with Gasteiger partial charge in [0.1, 0.15) is 33.8 Å². The molecule has 8 heteroatoms. The van der Waals surface area contributed by atoms with Gasteiger partial charge in [0.05, 0.1) is 21.5 Å². The van der Waals surface area contributed by atoms with Gasteiger partial charge < -0.3 is 18.3 Å². The zero-order valence-electron chi connectivity index (χ0n) is 24.5. The van der Waals surface area contributed by atoms with Gasteiger partial charge in [-0.25, -0.2) is 0 Å². The van der Waals surface area contributed by atoms with Gasteiger partial charge in [-0.1, -0.05) is 42.5 Å². The molecule has 0 unspecified atom stereocenters. The van der Waals surface area contributed by atoms with E-state index in [0.717, 1.165) is 21.7 Å². The molecule has 0 amide bonds. The highest BCUT2D eigenvalue weighted by Gasteiger charge is 2.19. The second-order valence-electron chi connectivity index (χ2n) is 11.1. The SMILES string of the molecule is CC(=O)Oc1ccc2c(=O)c3c(ccc4ccc(-c5cc6ccccc6c6c(=O)c7cc(OC(C)=O)ccc7oc56)cc43)oc2c1. The van der Waals surface area contributed by atoms with E-state index < -0.39 is 11.9 Å². The Balaban J connectivity index is 1.41. The summed E-state index contributed by atoms with van der Waals surface area (Å²) >= 11 is 0. The predicted molar refractivity (Wildman–Crippen MR) is 177 cm³/mol. The Bertz CT molecular complexity index is 2750. The molecule has 0 saturated carbocycles. The summed E-state index contributed by atoms with van der Waals surface area (Å²) in [5.41, 5.74) is 2.35. The van der Waals surface area contributed by atoms with Crippen molar-refractivity contribution in [3.05, 3.63) is 118 Å². The van der Waals surface area contributed by atoms with Crippen LogP contribution in [0.1, 0.15) is 13.8 Å². The molecule has 0 aliphatic heterocycles. The Morgan fingerprint density at radius 3 is 2.04 bits per heavy atom. The Kier molecular flexibility index (Phi) is 6.01. The quantitative estimate of drug-likeness (QED) is 0.0860. The first-order valence-electron chi connectivity index (χ1n) is 14.5. The molecule has 0 aliphatic rings. The van der Waals surface area contributed by atoms with Crippen molar-refractivity contribution in [2.45, 2.75) is 13.8 Å². The van der Waals surface area contributed by atoms with Gasteiger partial charge in [-0.05, 0) is 75.6 Å². The third-order valence-corrected chi connectivity index (χ3v) is 8.10. The zero-order chi connectivity index (χ0) is 31.7. The first-order chi connectivity index (χ1) is 22.2. The smallest absolute Gasteiger partial charge is 0.308 e. The van der Waals surface area contributed by atoms with Gasteiger partial charge in [0, 0.05) is 25.5 Å². The minimum Gasteiger partial charge on any atom is -0.456 e. The number of carbonyl (C=O) groups excluding carboxylic acids is 2. The average molecular weight is 607 g/mol. The van der Waals surface area contributed by atoms with Crippen LogP contribution in [0.2, 0.25) is 0 Å². The number of hydrogen-bond acceptors (Lipinski definition) is 8. The fourth-order valence-corrected chi connectivity index (χ4v) is 6.17. The summed E-state index contributed by atoms with van der Waals surface area (Å²) in [5.74, 6) is -0.430. The molecular weight excluding hydrogens is 584 g/mol. The topological polar surface area (TPSA) is 113 Å². The Morgan fingerprint density at radius 2 is 1.24 bits per heavy atom. The number of rotatable bonds is 3. The number of carbonyl (C=O) groups is 2. The molecule has 0 bridgehead atoms. The van der Waals surface area contributed by atoms with E-state index in [1.165, 1.54) is 26.0 Å². The number of esters is 2. The van der Waals surface area contributed by atoms with Crippen LogP contribution >= 0.6 is 0 Å². The van der Waals surface area contributed by atoms with Gasteiger partial charge in [-0.2, -0.15) is 0 Å². The molecule has 0 spiro atoms. The van der Waals surface area contributed by atoms with Crippen LogP contribution in [0, 0.1) is 0 Å². The zero-order valence-corrected chi connectivity index (χ0v) is 24.5. The van der Waals surface area contributed by atoms with Crippen LogP contribution in [0.25, 0.3) is 76.5 Å². The molecule has 2 aromatic heterocycles. The second-order valence-corrected chi connectivity index (χ2v) is 11.1. The third-order valence-electron chi connectivity index (χ3n) is 8.10. The number of hydrogen-bond donors (Lipinski definition) is 0. The van der Waals surface area contributed by atoms with Crippen molar-refractivity contribution in [1.82, 2.24) is 0 Å². The second kappa shape index (κ2) is 10.1. The standard InChI is InChI=1S/C38H22O8/c1-19(39)43-24-11-14-31-30(17-24)37(42)35-26-6-4-3-5-22(26)16-29(38(35)46-31)23-8-7-21-9-13-32-34(28(21)15-23)36(41)27-12-10-25(44-20(2)40)18-33(27)45-32/h3-18H,1-2H3. The summed E-state index contributed by atoms with van der Waals surface area (Å²) in [6.45, 7) is 2.60. The number of benzene rings is 6. The van der Waals surface area contributed by atoms with Crippen molar-refractivity contribution in [1.29, 1.82) is 0 Å². The molecule has 46 heavy (non-hydrogen) atoms. The van der Waals surface area contributed by atoms with E-state index in [-0.39, 0.29) is 22.4 Å². The van der Waals surface area contributed by atoms with E-state index in [2.05, 4.69) is 0 Å². The number of ether oxygens (including phenoxy) is 2. The molecule has 8 rings (SSSR count). The van der Waals surface area contributed by atoms with E-state index >= 15 is 0 Å². The first-order valence-corrected chi connectivity index (χ1v) is 14.5. The van der Waals surface area contributed by atoms with Gasteiger partial charge in [0.15, 0.2) is 0 Å². The maximum absolute atomic E-state index is 14.1. The minimum absolute atomic E-state index is 0.224. The molecule has 2 heterocycles. The summed E-state index contributed by atoms with van der Waals surface area (Å²) in [5, 5.41) is 4.50. The molecule has 0 radical (unpaired) electrons. The monoisotopic (exact) mass is 606 g/mol. The first kappa shape index (κ1) is 27.3. The Hall–Kier alpha value is -6.28. The highest BCUT2D eigenvalue weighted by atomic mass is 16.5. The molecule has 0 saturated heterocycles. The van der Waals surface area contributed by atoms with Gasteiger partial charge in [0.25, 0.3) is 0 Å². The van der Waals surface area contributed by atoms with Crippen LogP contribution in [0.3, 0.4) is 0 Å². The van der Waals surface area contributed by atoms with Gasteiger partial charge in [-0.15, -0.1) is 0 Å². The van der Waals surface area contributed by atoms with Crippen molar-refractivity contribution in [2.24, 2.45) is 0 Å². The average Bonchev–Trinajstić information content (AvgIpc) is 3.03. The van der Waals surface area contributed by atoms with Gasteiger partial charge in [0.2, 0.25) is 10.9 Å². The van der Waals surface area contributed by atoms with Crippen molar-refractivity contribution in [3.63, 3.8) is 0 Å². The fraction of sp³-hybridized carbons (Fsp3) is 0.0526. The normalized spacial score (nSPS) is 11.6. The lowest BCUT2D eigenvalue weighted by Crippen LogP contribution is -2.06. The molecule has 6 aromatic carbocycles. The van der Waals surface area contributed by atoms with Crippen LogP contribution in [-0.4, -0.2) is 11.9 Å². The summed E-state index contributed by atoms with van der Waals surface area (Å²) in [6.07, 6.45) is 0. The summed E-state index contributed by atoms with van der Waals surface area (Å²) in [4.78, 5) is 51.0. The minimum atomic E-state index is -0.491. The van der Waals surface area contributed by atoms with Crippen molar-refractivity contribution >= 4 is 77.4 Å². The maximum atomic E-state index is 14.1. The molecule has 8 aromatic rings. The van der Waals surface area contributed by atoms with E-state index in [1.807, 2.05) is 54.6 Å². The highest BCUT2D eigenvalue weighted by Crippen LogP contribution is 2.38. The van der Waals surface area contributed by atoms with E-state index in [9.17, 15) is 19.2 Å². The summed E-state index contributed by atoms with van der Waals surface area (Å²) < 4.78 is 23.0. The van der Waals surface area contributed by atoms with Crippen LogP contribution in [0.5, 0.6) is 11.5 Å². The number of fused-ring (bicyclic) bond motifs is 8. The maximum Gasteiger partial charge on any atom is 0.308 e. The van der Waals surface area contributed by atoms with E-state index in [4.69, 9.17) is 18.3 Å². The largest absolute Gasteiger partial charge is 0.456 e. The lowest BCUT2D eigenvalue weighted by Gasteiger charge is -2.13. The molecular formula is C38H22O8. The van der Waals surface area contributed by atoms with E-state index in [1.54, 1.807) is 30.3 Å². The van der Waals surface area contributed by atoms with E-state index in [0.29, 0.717) is 54.8 Å². The Morgan fingerprint density at radius 1 is 0.543 bits per heavy atom. The molecule has 222 valence electrons. The molecule has 0 aliphatic carbocycles. The molecule has 8 nitrogen and oxygen atoms in total. The predicted octanol–water partition coefficient (Wildman–Crippen LogP) is 8.03. The lowest BCUT2D eigenvalue weighted by molar-refractivity contribution is -0.132. The molecule has 0 N–H and O–H groups in total. The van der Waals surface area contributed by atoms with Crippen molar-refractivity contribution in [2.75, 3.05) is 0 Å².